The third-order valence-electron chi connectivity index (χ3n) is 2.29. The van der Waals surface area contributed by atoms with Gasteiger partial charge in [-0.25, -0.2) is 0 Å². The van der Waals surface area contributed by atoms with Gasteiger partial charge in [-0.3, -0.25) is 4.79 Å². The highest BCUT2D eigenvalue weighted by atomic mass is 16.1. The molecule has 2 nitrogen and oxygen atoms in total. The van der Waals surface area contributed by atoms with Crippen molar-refractivity contribution in [3.63, 3.8) is 0 Å². The molecule has 66 valence electrons. The smallest absolute Gasteiger partial charge is 0.167 e. The van der Waals surface area contributed by atoms with Gasteiger partial charge in [0, 0.05) is 11.7 Å². The maximum Gasteiger partial charge on any atom is 0.167 e. The SMILES string of the molecule is CCc1cc2ccccn2c1C=O. The van der Waals surface area contributed by atoms with E-state index in [0.717, 1.165) is 29.5 Å². The second-order valence-corrected chi connectivity index (χ2v) is 3.02. The van der Waals surface area contributed by atoms with E-state index < -0.39 is 0 Å². The van der Waals surface area contributed by atoms with Crippen LogP contribution in [0, 0.1) is 0 Å². The summed E-state index contributed by atoms with van der Waals surface area (Å²) in [6, 6.07) is 7.97. The van der Waals surface area contributed by atoms with Crippen molar-refractivity contribution in [2.24, 2.45) is 0 Å². The van der Waals surface area contributed by atoms with Gasteiger partial charge in [0.1, 0.15) is 0 Å². The highest BCUT2D eigenvalue weighted by Crippen LogP contribution is 2.15. The molecule has 2 heteroatoms. The summed E-state index contributed by atoms with van der Waals surface area (Å²) in [4.78, 5) is 10.8. The van der Waals surface area contributed by atoms with Crippen LogP contribution < -0.4 is 0 Å². The molecule has 0 spiro atoms. The Hall–Kier alpha value is -1.57. The van der Waals surface area contributed by atoms with Crippen molar-refractivity contribution in [2.75, 3.05) is 0 Å². The molecule has 0 bridgehead atoms. The fourth-order valence-electron chi connectivity index (χ4n) is 1.62. The first kappa shape index (κ1) is 8.05. The Balaban J connectivity index is 2.81. The zero-order valence-electron chi connectivity index (χ0n) is 7.53. The Kier molecular flexibility index (Phi) is 1.89. The van der Waals surface area contributed by atoms with E-state index in [-0.39, 0.29) is 0 Å². The Labute approximate surface area is 76.8 Å². The minimum absolute atomic E-state index is 0.776. The summed E-state index contributed by atoms with van der Waals surface area (Å²) >= 11 is 0. The van der Waals surface area contributed by atoms with Crippen molar-refractivity contribution in [1.82, 2.24) is 4.40 Å². The maximum absolute atomic E-state index is 10.8. The number of carbonyl (C=O) groups excluding carboxylic acids is 1. The van der Waals surface area contributed by atoms with E-state index in [1.807, 2.05) is 28.8 Å². The normalized spacial score (nSPS) is 10.5. The van der Waals surface area contributed by atoms with E-state index in [0.29, 0.717) is 0 Å². The molecule has 0 aliphatic heterocycles. The van der Waals surface area contributed by atoms with Crippen LogP contribution in [0.2, 0.25) is 0 Å². The van der Waals surface area contributed by atoms with Crippen LogP contribution in [0.3, 0.4) is 0 Å². The lowest BCUT2D eigenvalue weighted by atomic mass is 10.2. The highest BCUT2D eigenvalue weighted by Gasteiger charge is 2.05. The molecular weight excluding hydrogens is 162 g/mol. The molecule has 0 saturated heterocycles. The number of hydrogen-bond acceptors (Lipinski definition) is 1. The van der Waals surface area contributed by atoms with Gasteiger partial charge in [-0.1, -0.05) is 13.0 Å². The highest BCUT2D eigenvalue weighted by molar-refractivity contribution is 5.78. The van der Waals surface area contributed by atoms with Crippen LogP contribution >= 0.6 is 0 Å². The number of nitrogens with zero attached hydrogens (tertiary/aromatic N) is 1. The van der Waals surface area contributed by atoms with Crippen LogP contribution in [0.15, 0.2) is 30.5 Å². The van der Waals surface area contributed by atoms with Crippen LogP contribution in [0.25, 0.3) is 5.52 Å². The number of aromatic nitrogens is 1. The summed E-state index contributed by atoms with van der Waals surface area (Å²) in [7, 11) is 0. The molecule has 0 unspecified atom stereocenters. The van der Waals surface area contributed by atoms with Crippen molar-refractivity contribution >= 4 is 11.8 Å². The molecule has 0 amide bonds. The number of aryl methyl sites for hydroxylation is 1. The third kappa shape index (κ3) is 1.15. The van der Waals surface area contributed by atoms with Gasteiger partial charge in [-0.2, -0.15) is 0 Å². The largest absolute Gasteiger partial charge is 0.314 e. The summed E-state index contributed by atoms with van der Waals surface area (Å²) < 4.78 is 1.92. The van der Waals surface area contributed by atoms with E-state index in [4.69, 9.17) is 0 Å². The van der Waals surface area contributed by atoms with E-state index in [2.05, 4.69) is 13.0 Å². The molecule has 0 aliphatic rings. The zero-order valence-corrected chi connectivity index (χ0v) is 7.53. The zero-order chi connectivity index (χ0) is 9.26. The number of pyridine rings is 1. The minimum Gasteiger partial charge on any atom is -0.314 e. The Morgan fingerprint density at radius 3 is 3.00 bits per heavy atom. The van der Waals surface area contributed by atoms with Gasteiger partial charge in [0.25, 0.3) is 0 Å². The van der Waals surface area contributed by atoms with Crippen LogP contribution in [0.5, 0.6) is 0 Å². The van der Waals surface area contributed by atoms with E-state index in [9.17, 15) is 4.79 Å². The van der Waals surface area contributed by atoms with Gasteiger partial charge >= 0.3 is 0 Å². The lowest BCUT2D eigenvalue weighted by Crippen LogP contribution is -1.92. The van der Waals surface area contributed by atoms with E-state index in [1.54, 1.807) is 0 Å². The van der Waals surface area contributed by atoms with Gasteiger partial charge in [0.05, 0.1) is 5.69 Å². The third-order valence-corrected chi connectivity index (χ3v) is 2.29. The van der Waals surface area contributed by atoms with E-state index >= 15 is 0 Å². The van der Waals surface area contributed by atoms with Crippen LogP contribution in [-0.4, -0.2) is 10.7 Å². The van der Waals surface area contributed by atoms with Crippen LogP contribution in [-0.2, 0) is 6.42 Å². The molecule has 0 aliphatic carbocycles. The predicted molar refractivity (Wildman–Crippen MR) is 52.2 cm³/mol. The fourth-order valence-corrected chi connectivity index (χ4v) is 1.62. The van der Waals surface area contributed by atoms with Gasteiger partial charge in [-0.15, -0.1) is 0 Å². The second kappa shape index (κ2) is 3.05. The first-order valence-corrected chi connectivity index (χ1v) is 4.41. The first-order valence-electron chi connectivity index (χ1n) is 4.41. The average molecular weight is 173 g/mol. The minimum atomic E-state index is 0.776. The number of fused-ring (bicyclic) bond motifs is 1. The van der Waals surface area contributed by atoms with Gasteiger partial charge in [0.15, 0.2) is 6.29 Å². The monoisotopic (exact) mass is 173 g/mol. The molecule has 0 radical (unpaired) electrons. The van der Waals surface area contributed by atoms with Crippen molar-refractivity contribution in [2.45, 2.75) is 13.3 Å². The topological polar surface area (TPSA) is 21.5 Å². The number of rotatable bonds is 2. The number of aldehydes is 1. The first-order chi connectivity index (χ1) is 6.36. The summed E-state index contributed by atoms with van der Waals surface area (Å²) in [6.45, 7) is 2.06. The Morgan fingerprint density at radius 1 is 1.46 bits per heavy atom. The maximum atomic E-state index is 10.8. The Morgan fingerprint density at radius 2 is 2.31 bits per heavy atom. The summed E-state index contributed by atoms with van der Waals surface area (Å²) in [5, 5.41) is 0. The predicted octanol–water partition coefficient (Wildman–Crippen LogP) is 2.31. The lowest BCUT2D eigenvalue weighted by Gasteiger charge is -1.95. The van der Waals surface area contributed by atoms with Crippen molar-refractivity contribution in [3.05, 3.63) is 41.7 Å². The average Bonchev–Trinajstić information content (AvgIpc) is 2.55. The molecule has 13 heavy (non-hydrogen) atoms. The molecule has 0 N–H and O–H groups in total. The number of hydrogen-bond donors (Lipinski definition) is 0. The van der Waals surface area contributed by atoms with Crippen LogP contribution in [0.1, 0.15) is 23.0 Å². The molecule has 2 heterocycles. The molecule has 0 aromatic carbocycles. The lowest BCUT2D eigenvalue weighted by molar-refractivity contribution is 0.111. The second-order valence-electron chi connectivity index (χ2n) is 3.02. The quantitative estimate of drug-likeness (QED) is 0.638. The number of carbonyl (C=O) groups is 1. The summed E-state index contributed by atoms with van der Waals surface area (Å²) in [5.41, 5.74) is 2.97. The van der Waals surface area contributed by atoms with Crippen LogP contribution in [0.4, 0.5) is 0 Å². The molecule has 0 saturated carbocycles. The standard InChI is InChI=1S/C11H11NO/c1-2-9-7-10-5-3-4-6-12(10)11(9)8-13/h3-8H,2H2,1H3. The van der Waals surface area contributed by atoms with Gasteiger partial charge in [-0.05, 0) is 30.2 Å². The van der Waals surface area contributed by atoms with Gasteiger partial charge < -0.3 is 4.40 Å². The van der Waals surface area contributed by atoms with Crippen molar-refractivity contribution in [1.29, 1.82) is 0 Å². The molecule has 2 rings (SSSR count). The fraction of sp³-hybridized carbons (Fsp3) is 0.182. The molecule has 0 fully saturated rings. The summed E-state index contributed by atoms with van der Waals surface area (Å²) in [5.74, 6) is 0. The van der Waals surface area contributed by atoms with Crippen molar-refractivity contribution in [3.8, 4) is 0 Å². The van der Waals surface area contributed by atoms with Gasteiger partial charge in [0.2, 0.25) is 0 Å². The summed E-state index contributed by atoms with van der Waals surface area (Å²) in [6.07, 6.45) is 3.74. The molecular formula is C11H11NO. The molecule has 0 atom stereocenters. The molecule has 2 aromatic rings. The Bertz CT molecular complexity index is 442. The van der Waals surface area contributed by atoms with E-state index in [1.165, 1.54) is 0 Å². The van der Waals surface area contributed by atoms with Crippen molar-refractivity contribution < 1.29 is 4.79 Å². The molecule has 2 aromatic heterocycles.